The molecular weight excluding hydrogens is 316 g/mol. The molecule has 0 amide bonds. The van der Waals surface area contributed by atoms with Crippen LogP contribution >= 0.6 is 22.6 Å². The van der Waals surface area contributed by atoms with Crippen molar-refractivity contribution in [2.24, 2.45) is 5.73 Å². The third kappa shape index (κ3) is 2.41. The topological polar surface area (TPSA) is 26.0 Å². The minimum absolute atomic E-state index is 0.200. The van der Waals surface area contributed by atoms with E-state index in [0.717, 1.165) is 14.7 Å². The summed E-state index contributed by atoms with van der Waals surface area (Å²) >= 11 is 2.25. The summed E-state index contributed by atoms with van der Waals surface area (Å²) in [5.74, 6) is -0.237. The number of rotatable bonds is 2. The maximum atomic E-state index is 12.8. The Morgan fingerprint density at radius 1 is 1.00 bits per heavy atom. The zero-order chi connectivity index (χ0) is 11.5. The molecule has 2 N–H and O–H groups in total. The summed E-state index contributed by atoms with van der Waals surface area (Å²) in [6, 6.07) is 14.1. The van der Waals surface area contributed by atoms with Crippen molar-refractivity contribution in [2.45, 2.75) is 6.04 Å². The van der Waals surface area contributed by atoms with E-state index in [2.05, 4.69) is 22.6 Å². The van der Waals surface area contributed by atoms with Crippen molar-refractivity contribution in [1.82, 2.24) is 0 Å². The van der Waals surface area contributed by atoms with Crippen molar-refractivity contribution in [3.8, 4) is 0 Å². The summed E-state index contributed by atoms with van der Waals surface area (Å²) in [5.41, 5.74) is 8.13. The predicted molar refractivity (Wildman–Crippen MR) is 71.6 cm³/mol. The Morgan fingerprint density at radius 2 is 1.62 bits per heavy atom. The molecule has 0 aliphatic carbocycles. The molecule has 0 aromatic heterocycles. The molecule has 0 heterocycles. The number of nitrogens with two attached hydrogens (primary N) is 1. The zero-order valence-electron chi connectivity index (χ0n) is 8.53. The van der Waals surface area contributed by atoms with Crippen LogP contribution in [0, 0.1) is 9.39 Å². The van der Waals surface area contributed by atoms with Gasteiger partial charge in [0.2, 0.25) is 0 Å². The highest BCUT2D eigenvalue weighted by atomic mass is 127. The van der Waals surface area contributed by atoms with Gasteiger partial charge in [0.1, 0.15) is 5.82 Å². The van der Waals surface area contributed by atoms with Crippen LogP contribution in [-0.2, 0) is 0 Å². The van der Waals surface area contributed by atoms with Crippen LogP contribution < -0.4 is 5.73 Å². The van der Waals surface area contributed by atoms with Gasteiger partial charge in [0.25, 0.3) is 0 Å². The third-order valence-electron chi connectivity index (χ3n) is 2.47. The van der Waals surface area contributed by atoms with E-state index < -0.39 is 0 Å². The van der Waals surface area contributed by atoms with Gasteiger partial charge in [-0.05, 0) is 51.9 Å². The Labute approximate surface area is 108 Å². The van der Waals surface area contributed by atoms with Crippen LogP contribution in [0.5, 0.6) is 0 Å². The van der Waals surface area contributed by atoms with Gasteiger partial charge in [-0.1, -0.05) is 30.3 Å². The predicted octanol–water partition coefficient (Wildman–Crippen LogP) is 3.48. The molecule has 1 unspecified atom stereocenters. The number of halogens is 2. The van der Waals surface area contributed by atoms with Gasteiger partial charge in [-0.3, -0.25) is 0 Å². The fraction of sp³-hybridized carbons (Fsp3) is 0.0769. The summed E-state index contributed by atoms with van der Waals surface area (Å²) < 4.78 is 13.9. The van der Waals surface area contributed by atoms with Crippen molar-refractivity contribution >= 4 is 22.6 Å². The molecule has 0 spiro atoms. The fourth-order valence-electron chi connectivity index (χ4n) is 1.58. The second-order valence-electron chi connectivity index (χ2n) is 3.55. The van der Waals surface area contributed by atoms with Gasteiger partial charge in [0.15, 0.2) is 0 Å². The second-order valence-corrected chi connectivity index (χ2v) is 4.71. The van der Waals surface area contributed by atoms with Gasteiger partial charge >= 0.3 is 0 Å². The SMILES string of the molecule is NC(c1ccc(F)cc1)c1ccccc1I. The van der Waals surface area contributed by atoms with Crippen LogP contribution in [-0.4, -0.2) is 0 Å². The maximum Gasteiger partial charge on any atom is 0.123 e. The van der Waals surface area contributed by atoms with Gasteiger partial charge < -0.3 is 5.73 Å². The molecule has 2 aromatic carbocycles. The largest absolute Gasteiger partial charge is 0.320 e. The van der Waals surface area contributed by atoms with Crippen LogP contribution in [0.15, 0.2) is 48.5 Å². The van der Waals surface area contributed by atoms with E-state index in [1.165, 1.54) is 12.1 Å². The molecule has 16 heavy (non-hydrogen) atoms. The molecule has 0 saturated carbocycles. The first-order valence-electron chi connectivity index (χ1n) is 4.94. The first kappa shape index (κ1) is 11.5. The molecule has 3 heteroatoms. The highest BCUT2D eigenvalue weighted by Crippen LogP contribution is 2.23. The molecular formula is C13H11FIN. The average Bonchev–Trinajstić information content (AvgIpc) is 2.30. The molecule has 82 valence electrons. The molecule has 0 fully saturated rings. The van der Waals surface area contributed by atoms with Crippen LogP contribution in [0.4, 0.5) is 4.39 Å². The fourth-order valence-corrected chi connectivity index (χ4v) is 2.30. The molecule has 1 atom stereocenters. The van der Waals surface area contributed by atoms with E-state index in [4.69, 9.17) is 5.73 Å². The molecule has 0 aliphatic rings. The van der Waals surface area contributed by atoms with Gasteiger partial charge in [-0.2, -0.15) is 0 Å². The van der Waals surface area contributed by atoms with Crippen molar-refractivity contribution < 1.29 is 4.39 Å². The highest BCUT2D eigenvalue weighted by molar-refractivity contribution is 14.1. The second kappa shape index (κ2) is 4.93. The minimum atomic E-state index is -0.237. The number of hydrogen-bond acceptors (Lipinski definition) is 1. The molecule has 2 aromatic rings. The average molecular weight is 327 g/mol. The van der Waals surface area contributed by atoms with E-state index in [9.17, 15) is 4.39 Å². The molecule has 0 radical (unpaired) electrons. The van der Waals surface area contributed by atoms with E-state index in [0.29, 0.717) is 0 Å². The Balaban J connectivity index is 2.35. The summed E-state index contributed by atoms with van der Waals surface area (Å²) in [6.45, 7) is 0. The zero-order valence-corrected chi connectivity index (χ0v) is 10.7. The molecule has 0 aliphatic heterocycles. The normalized spacial score (nSPS) is 12.4. The Kier molecular flexibility index (Phi) is 3.56. The van der Waals surface area contributed by atoms with Crippen LogP contribution in [0.2, 0.25) is 0 Å². The van der Waals surface area contributed by atoms with Gasteiger partial charge in [-0.25, -0.2) is 4.39 Å². The van der Waals surface area contributed by atoms with Crippen LogP contribution in [0.1, 0.15) is 17.2 Å². The lowest BCUT2D eigenvalue weighted by Gasteiger charge is -2.14. The Morgan fingerprint density at radius 3 is 2.25 bits per heavy atom. The van der Waals surface area contributed by atoms with Crippen molar-refractivity contribution in [2.75, 3.05) is 0 Å². The van der Waals surface area contributed by atoms with E-state index in [-0.39, 0.29) is 11.9 Å². The molecule has 1 nitrogen and oxygen atoms in total. The molecule has 2 rings (SSSR count). The van der Waals surface area contributed by atoms with Crippen LogP contribution in [0.3, 0.4) is 0 Å². The monoisotopic (exact) mass is 327 g/mol. The number of benzene rings is 2. The summed E-state index contributed by atoms with van der Waals surface area (Å²) in [7, 11) is 0. The first-order valence-corrected chi connectivity index (χ1v) is 6.02. The summed E-state index contributed by atoms with van der Waals surface area (Å²) in [5, 5.41) is 0. The van der Waals surface area contributed by atoms with Crippen LogP contribution in [0.25, 0.3) is 0 Å². The summed E-state index contributed by atoms with van der Waals surface area (Å²) in [6.07, 6.45) is 0. The molecule has 0 bridgehead atoms. The first-order chi connectivity index (χ1) is 7.68. The third-order valence-corrected chi connectivity index (χ3v) is 3.45. The molecule has 0 saturated heterocycles. The van der Waals surface area contributed by atoms with E-state index >= 15 is 0 Å². The maximum absolute atomic E-state index is 12.8. The minimum Gasteiger partial charge on any atom is -0.320 e. The van der Waals surface area contributed by atoms with E-state index in [1.807, 2.05) is 24.3 Å². The van der Waals surface area contributed by atoms with Crippen molar-refractivity contribution in [1.29, 1.82) is 0 Å². The van der Waals surface area contributed by atoms with Crippen molar-refractivity contribution in [3.63, 3.8) is 0 Å². The summed E-state index contributed by atoms with van der Waals surface area (Å²) in [4.78, 5) is 0. The quantitative estimate of drug-likeness (QED) is 0.840. The van der Waals surface area contributed by atoms with Gasteiger partial charge in [0, 0.05) is 3.57 Å². The lowest BCUT2D eigenvalue weighted by Crippen LogP contribution is -2.13. The van der Waals surface area contributed by atoms with E-state index in [1.54, 1.807) is 12.1 Å². The lowest BCUT2D eigenvalue weighted by atomic mass is 10.00. The smallest absolute Gasteiger partial charge is 0.123 e. The number of hydrogen-bond donors (Lipinski definition) is 1. The van der Waals surface area contributed by atoms with Gasteiger partial charge in [-0.15, -0.1) is 0 Å². The van der Waals surface area contributed by atoms with Crippen molar-refractivity contribution in [3.05, 3.63) is 69.0 Å². The highest BCUT2D eigenvalue weighted by Gasteiger charge is 2.11. The Bertz CT molecular complexity index is 482. The Hall–Kier alpha value is -0.940. The van der Waals surface area contributed by atoms with Gasteiger partial charge in [0.05, 0.1) is 6.04 Å². The lowest BCUT2D eigenvalue weighted by molar-refractivity contribution is 0.626. The standard InChI is InChI=1S/C13H11FIN/c14-10-7-5-9(6-8-10)13(16)11-3-1-2-4-12(11)15/h1-8,13H,16H2.